The van der Waals surface area contributed by atoms with Crippen LogP contribution in [0.3, 0.4) is 0 Å². The first kappa shape index (κ1) is 14.0. The number of methoxy groups -OCH3 is 1. The van der Waals surface area contributed by atoms with Crippen molar-refractivity contribution in [1.82, 2.24) is 0 Å². The highest BCUT2D eigenvalue weighted by Gasteiger charge is 2.57. The van der Waals surface area contributed by atoms with Gasteiger partial charge in [0.25, 0.3) is 0 Å². The Bertz CT molecular complexity index is 461. The van der Waals surface area contributed by atoms with E-state index in [4.69, 9.17) is 18.9 Å². The zero-order chi connectivity index (χ0) is 14.3. The molecular weight excluding hydrogens is 260 g/mol. The monoisotopic (exact) mass is 280 g/mol. The van der Waals surface area contributed by atoms with Gasteiger partial charge >= 0.3 is 0 Å². The number of hydrogen-bond acceptors (Lipinski definition) is 5. The lowest BCUT2D eigenvalue weighted by Gasteiger charge is -2.26. The topological polar surface area (TPSA) is 57.2 Å². The highest BCUT2D eigenvalue weighted by atomic mass is 16.8. The number of aliphatic hydroxyl groups excluding tert-OH is 1. The average Bonchev–Trinajstić information content (AvgIpc) is 2.92. The van der Waals surface area contributed by atoms with Crippen LogP contribution in [0.1, 0.15) is 25.5 Å². The van der Waals surface area contributed by atoms with Crippen LogP contribution in [0.5, 0.6) is 0 Å². The fourth-order valence-electron chi connectivity index (χ4n) is 2.88. The molecule has 3 rings (SSSR count). The van der Waals surface area contributed by atoms with Gasteiger partial charge in [-0.2, -0.15) is 0 Å². The summed E-state index contributed by atoms with van der Waals surface area (Å²) < 4.78 is 22.7. The quantitative estimate of drug-likeness (QED) is 0.911. The third kappa shape index (κ3) is 2.36. The van der Waals surface area contributed by atoms with Crippen molar-refractivity contribution >= 4 is 0 Å². The summed E-state index contributed by atoms with van der Waals surface area (Å²) in [5.74, 6) is -0.690. The lowest BCUT2D eigenvalue weighted by molar-refractivity contribution is -0.237. The van der Waals surface area contributed by atoms with Crippen molar-refractivity contribution in [3.63, 3.8) is 0 Å². The van der Waals surface area contributed by atoms with Crippen molar-refractivity contribution in [2.24, 2.45) is 0 Å². The van der Waals surface area contributed by atoms with E-state index in [1.54, 1.807) is 7.11 Å². The fraction of sp³-hybridized carbons (Fsp3) is 0.600. The summed E-state index contributed by atoms with van der Waals surface area (Å²) in [5.41, 5.74) is 0.793. The van der Waals surface area contributed by atoms with Crippen LogP contribution in [-0.2, 0) is 18.9 Å². The van der Waals surface area contributed by atoms with E-state index < -0.39 is 24.3 Å². The maximum Gasteiger partial charge on any atom is 0.186 e. The third-order valence-electron chi connectivity index (χ3n) is 3.73. The van der Waals surface area contributed by atoms with Crippen LogP contribution in [0.25, 0.3) is 0 Å². The van der Waals surface area contributed by atoms with Crippen LogP contribution in [0.4, 0.5) is 0 Å². The lowest BCUT2D eigenvalue weighted by Crippen LogP contribution is -2.34. The maximum atomic E-state index is 10.5. The summed E-state index contributed by atoms with van der Waals surface area (Å²) in [5, 5.41) is 10.5. The van der Waals surface area contributed by atoms with Crippen molar-refractivity contribution in [3.8, 4) is 0 Å². The minimum absolute atomic E-state index is 0.321. The summed E-state index contributed by atoms with van der Waals surface area (Å²) in [7, 11) is 1.56. The molecule has 1 N–H and O–H groups in total. The van der Waals surface area contributed by atoms with Gasteiger partial charge in [0.1, 0.15) is 24.4 Å². The molecule has 0 amide bonds. The van der Waals surface area contributed by atoms with Gasteiger partial charge in [0.05, 0.1) is 0 Å². The molecule has 0 saturated carbocycles. The van der Waals surface area contributed by atoms with Gasteiger partial charge in [-0.25, -0.2) is 0 Å². The highest BCUT2D eigenvalue weighted by molar-refractivity contribution is 5.20. The Balaban J connectivity index is 1.83. The highest BCUT2D eigenvalue weighted by Crippen LogP contribution is 2.42. The van der Waals surface area contributed by atoms with E-state index in [1.165, 1.54) is 0 Å². The second-order valence-electron chi connectivity index (χ2n) is 5.63. The predicted octanol–water partition coefficient (Wildman–Crippen LogP) is 1.61. The second-order valence-corrected chi connectivity index (χ2v) is 5.63. The zero-order valence-corrected chi connectivity index (χ0v) is 11.9. The van der Waals surface area contributed by atoms with Crippen LogP contribution in [0.15, 0.2) is 30.3 Å². The van der Waals surface area contributed by atoms with Gasteiger partial charge in [-0.1, -0.05) is 30.3 Å². The predicted molar refractivity (Wildman–Crippen MR) is 70.9 cm³/mol. The molecule has 5 heteroatoms. The van der Waals surface area contributed by atoms with Gasteiger partial charge in [0.2, 0.25) is 0 Å². The Labute approximate surface area is 118 Å². The summed E-state index contributed by atoms with van der Waals surface area (Å²) in [6, 6.07) is 9.41. The summed E-state index contributed by atoms with van der Waals surface area (Å²) in [4.78, 5) is 0. The second kappa shape index (κ2) is 5.09. The standard InChI is InChI=1S/C15H20O5/c1-15(2)19-12-11(18-14(17-3)13(12)20-15)10(16)9-7-5-4-6-8-9/h4-8,10-14,16H,1-3H3/t10-,11+,12-,13-,14-/m0/s1. The number of aliphatic hydroxyl groups is 1. The largest absolute Gasteiger partial charge is 0.386 e. The van der Waals surface area contributed by atoms with E-state index in [1.807, 2.05) is 44.2 Å². The fourth-order valence-corrected chi connectivity index (χ4v) is 2.88. The molecule has 1 aromatic rings. The Morgan fingerprint density at radius 2 is 1.80 bits per heavy atom. The van der Waals surface area contributed by atoms with Gasteiger partial charge < -0.3 is 24.1 Å². The van der Waals surface area contributed by atoms with Crippen LogP contribution >= 0.6 is 0 Å². The molecule has 0 aromatic heterocycles. The third-order valence-corrected chi connectivity index (χ3v) is 3.73. The van der Waals surface area contributed by atoms with Crippen molar-refractivity contribution < 1.29 is 24.1 Å². The number of hydrogen-bond donors (Lipinski definition) is 1. The number of rotatable bonds is 3. The smallest absolute Gasteiger partial charge is 0.186 e. The normalized spacial score (nSPS) is 36.8. The molecule has 20 heavy (non-hydrogen) atoms. The van der Waals surface area contributed by atoms with E-state index in [0.29, 0.717) is 0 Å². The van der Waals surface area contributed by atoms with Gasteiger partial charge in [0, 0.05) is 7.11 Å². The molecular formula is C15H20O5. The van der Waals surface area contributed by atoms with Gasteiger partial charge in [-0.3, -0.25) is 0 Å². The number of ether oxygens (including phenoxy) is 4. The first-order valence-corrected chi connectivity index (χ1v) is 6.79. The molecule has 0 radical (unpaired) electrons. The van der Waals surface area contributed by atoms with Crippen LogP contribution in [0.2, 0.25) is 0 Å². The summed E-state index contributed by atoms with van der Waals surface area (Å²) in [6.45, 7) is 3.70. The van der Waals surface area contributed by atoms with Crippen LogP contribution in [0, 0.1) is 0 Å². The van der Waals surface area contributed by atoms with Gasteiger partial charge in [0.15, 0.2) is 12.1 Å². The maximum absolute atomic E-state index is 10.5. The first-order chi connectivity index (χ1) is 9.52. The minimum Gasteiger partial charge on any atom is -0.386 e. The van der Waals surface area contributed by atoms with Crippen molar-refractivity contribution in [2.45, 2.75) is 50.3 Å². The van der Waals surface area contributed by atoms with E-state index in [2.05, 4.69) is 0 Å². The zero-order valence-electron chi connectivity index (χ0n) is 11.9. The molecule has 2 aliphatic rings. The van der Waals surface area contributed by atoms with E-state index >= 15 is 0 Å². The molecule has 5 atom stereocenters. The summed E-state index contributed by atoms with van der Waals surface area (Å²) in [6.07, 6.45) is -2.47. The molecule has 0 bridgehead atoms. The first-order valence-electron chi connectivity index (χ1n) is 6.79. The van der Waals surface area contributed by atoms with Crippen molar-refractivity contribution in [2.75, 3.05) is 7.11 Å². The van der Waals surface area contributed by atoms with Gasteiger partial charge in [-0.15, -0.1) is 0 Å². The molecule has 2 aliphatic heterocycles. The van der Waals surface area contributed by atoms with E-state index in [-0.39, 0.29) is 12.2 Å². The molecule has 5 nitrogen and oxygen atoms in total. The van der Waals surface area contributed by atoms with Crippen molar-refractivity contribution in [3.05, 3.63) is 35.9 Å². The Morgan fingerprint density at radius 1 is 1.15 bits per heavy atom. The molecule has 0 aliphatic carbocycles. The van der Waals surface area contributed by atoms with E-state index in [0.717, 1.165) is 5.56 Å². The van der Waals surface area contributed by atoms with Crippen LogP contribution in [-0.4, -0.2) is 42.6 Å². The van der Waals surface area contributed by atoms with Crippen molar-refractivity contribution in [1.29, 1.82) is 0 Å². The van der Waals surface area contributed by atoms with E-state index in [9.17, 15) is 5.11 Å². The van der Waals surface area contributed by atoms with Crippen LogP contribution < -0.4 is 0 Å². The minimum atomic E-state index is -0.777. The molecule has 2 saturated heterocycles. The SMILES string of the molecule is CO[C@H]1O[C@H]([C@@H](O)c2ccccc2)[C@@H]2OC(C)(C)O[C@H]12. The molecule has 0 spiro atoms. The van der Waals surface area contributed by atoms with Gasteiger partial charge in [-0.05, 0) is 19.4 Å². The summed E-state index contributed by atoms with van der Waals surface area (Å²) >= 11 is 0. The molecule has 2 heterocycles. The Kier molecular flexibility index (Phi) is 3.56. The Hall–Kier alpha value is -0.980. The Morgan fingerprint density at radius 3 is 2.45 bits per heavy atom. The number of benzene rings is 1. The molecule has 2 fully saturated rings. The molecule has 1 aromatic carbocycles. The molecule has 110 valence electrons. The lowest BCUT2D eigenvalue weighted by atomic mass is 9.99. The average molecular weight is 280 g/mol. The molecule has 0 unspecified atom stereocenters. The number of fused-ring (bicyclic) bond motifs is 1.